The Morgan fingerprint density at radius 1 is 1.26 bits per heavy atom. The Morgan fingerprint density at radius 3 is 2.57 bits per heavy atom. The molecule has 0 saturated carbocycles. The minimum absolute atomic E-state index is 0.404. The number of alkyl carbamates (subject to hydrolysis) is 1. The number of hydrogen-bond acceptors (Lipinski definition) is 6. The molecule has 7 heteroatoms. The summed E-state index contributed by atoms with van der Waals surface area (Å²) in [7, 11) is 1.34. The van der Waals surface area contributed by atoms with Crippen LogP contribution in [0.15, 0.2) is 10.5 Å². The van der Waals surface area contributed by atoms with Crippen molar-refractivity contribution in [2.75, 3.05) is 20.2 Å². The molecular formula is C16H26N2O5. The second-order valence-corrected chi connectivity index (χ2v) is 6.13. The van der Waals surface area contributed by atoms with E-state index in [0.29, 0.717) is 36.7 Å². The summed E-state index contributed by atoms with van der Waals surface area (Å²) in [5.41, 5.74) is -0.0486. The molecule has 0 atom stereocenters. The molecule has 0 unspecified atom stereocenters. The minimum Gasteiger partial charge on any atom is -0.465 e. The zero-order valence-electron chi connectivity index (χ0n) is 14.4. The third kappa shape index (κ3) is 7.19. The highest BCUT2D eigenvalue weighted by molar-refractivity contribution is 5.90. The molecule has 2 N–H and O–H groups in total. The van der Waals surface area contributed by atoms with Gasteiger partial charge in [-0.25, -0.2) is 9.59 Å². The summed E-state index contributed by atoms with van der Waals surface area (Å²) in [6.45, 7) is 8.91. The topological polar surface area (TPSA) is 89.8 Å². The van der Waals surface area contributed by atoms with Crippen molar-refractivity contribution in [3.05, 3.63) is 23.2 Å². The average molecular weight is 326 g/mol. The summed E-state index contributed by atoms with van der Waals surface area (Å²) in [5.74, 6) is 0.808. The molecule has 0 aromatic carbocycles. The number of aryl methyl sites for hydroxylation is 1. The lowest BCUT2D eigenvalue weighted by Gasteiger charge is -2.19. The molecule has 1 rings (SSSR count). The molecular weight excluding hydrogens is 300 g/mol. The summed E-state index contributed by atoms with van der Waals surface area (Å²) in [5, 5.41) is 5.87. The Balaban J connectivity index is 2.21. The summed E-state index contributed by atoms with van der Waals surface area (Å²) in [6.07, 6.45) is 0.338. The fraction of sp³-hybridized carbons (Fsp3) is 0.625. The van der Waals surface area contributed by atoms with Crippen molar-refractivity contribution in [1.82, 2.24) is 10.6 Å². The first-order valence-electron chi connectivity index (χ1n) is 7.58. The molecule has 1 aromatic rings. The quantitative estimate of drug-likeness (QED) is 0.590. The highest BCUT2D eigenvalue weighted by Crippen LogP contribution is 2.15. The lowest BCUT2D eigenvalue weighted by Crippen LogP contribution is -2.33. The highest BCUT2D eigenvalue weighted by Gasteiger charge is 2.16. The third-order valence-corrected chi connectivity index (χ3v) is 2.87. The van der Waals surface area contributed by atoms with E-state index in [0.717, 1.165) is 6.42 Å². The molecule has 0 saturated heterocycles. The summed E-state index contributed by atoms with van der Waals surface area (Å²) in [6, 6.07) is 1.67. The van der Waals surface area contributed by atoms with Gasteiger partial charge in [-0.2, -0.15) is 0 Å². The van der Waals surface area contributed by atoms with Gasteiger partial charge < -0.3 is 24.5 Å². The summed E-state index contributed by atoms with van der Waals surface area (Å²) >= 11 is 0. The van der Waals surface area contributed by atoms with Gasteiger partial charge in [-0.1, -0.05) is 0 Å². The largest absolute Gasteiger partial charge is 0.465 e. The van der Waals surface area contributed by atoms with Gasteiger partial charge in [0.15, 0.2) is 0 Å². The molecule has 0 fully saturated rings. The fourth-order valence-electron chi connectivity index (χ4n) is 1.87. The monoisotopic (exact) mass is 326 g/mol. The maximum absolute atomic E-state index is 11.5. The molecule has 1 heterocycles. The lowest BCUT2D eigenvalue weighted by molar-refractivity contribution is 0.0526. The second kappa shape index (κ2) is 8.57. The van der Waals surface area contributed by atoms with Crippen molar-refractivity contribution in [2.45, 2.75) is 46.3 Å². The third-order valence-electron chi connectivity index (χ3n) is 2.87. The van der Waals surface area contributed by atoms with Gasteiger partial charge >= 0.3 is 12.1 Å². The van der Waals surface area contributed by atoms with Crippen LogP contribution in [0.1, 0.15) is 49.1 Å². The highest BCUT2D eigenvalue weighted by atomic mass is 16.6. The molecule has 0 bridgehead atoms. The van der Waals surface area contributed by atoms with E-state index in [1.54, 1.807) is 13.0 Å². The number of ether oxygens (including phenoxy) is 2. The van der Waals surface area contributed by atoms with Crippen molar-refractivity contribution in [3.8, 4) is 0 Å². The van der Waals surface area contributed by atoms with E-state index in [4.69, 9.17) is 9.15 Å². The number of carbonyl (C=O) groups excluding carboxylic acids is 2. The zero-order chi connectivity index (χ0) is 17.5. The van der Waals surface area contributed by atoms with E-state index < -0.39 is 17.7 Å². The number of amides is 1. The Labute approximate surface area is 136 Å². The van der Waals surface area contributed by atoms with E-state index in [1.165, 1.54) is 7.11 Å². The van der Waals surface area contributed by atoms with Crippen LogP contribution in [0.2, 0.25) is 0 Å². The predicted molar refractivity (Wildman–Crippen MR) is 85.3 cm³/mol. The van der Waals surface area contributed by atoms with E-state index >= 15 is 0 Å². The first-order valence-corrected chi connectivity index (χ1v) is 7.58. The Morgan fingerprint density at radius 2 is 1.96 bits per heavy atom. The molecule has 7 nitrogen and oxygen atoms in total. The van der Waals surface area contributed by atoms with Crippen molar-refractivity contribution in [2.24, 2.45) is 0 Å². The van der Waals surface area contributed by atoms with Crippen molar-refractivity contribution < 1.29 is 23.5 Å². The van der Waals surface area contributed by atoms with Crippen molar-refractivity contribution in [3.63, 3.8) is 0 Å². The van der Waals surface area contributed by atoms with E-state index in [-0.39, 0.29) is 0 Å². The van der Waals surface area contributed by atoms with Crippen LogP contribution in [0.4, 0.5) is 4.79 Å². The first-order chi connectivity index (χ1) is 10.7. The van der Waals surface area contributed by atoms with E-state index in [1.807, 2.05) is 20.8 Å². The second-order valence-electron chi connectivity index (χ2n) is 6.13. The SMILES string of the molecule is COC(=O)c1cc(CNCCCNC(=O)OC(C)(C)C)oc1C. The molecule has 130 valence electrons. The van der Waals surface area contributed by atoms with Crippen LogP contribution >= 0.6 is 0 Å². The first kappa shape index (κ1) is 19.0. The van der Waals surface area contributed by atoms with Crippen molar-refractivity contribution in [1.29, 1.82) is 0 Å². The number of methoxy groups -OCH3 is 1. The van der Waals surface area contributed by atoms with Gasteiger partial charge in [0.25, 0.3) is 0 Å². The van der Waals surface area contributed by atoms with Gasteiger partial charge in [-0.05, 0) is 46.7 Å². The molecule has 0 aliphatic rings. The number of rotatable bonds is 7. The molecule has 0 aliphatic heterocycles. The Kier molecular flexibility index (Phi) is 7.09. The molecule has 0 radical (unpaired) electrons. The van der Waals surface area contributed by atoms with Gasteiger partial charge in [0.05, 0.1) is 13.7 Å². The van der Waals surface area contributed by atoms with Gasteiger partial charge in [0.1, 0.15) is 22.7 Å². The van der Waals surface area contributed by atoms with Crippen molar-refractivity contribution >= 4 is 12.1 Å². The van der Waals surface area contributed by atoms with Gasteiger partial charge in [-0.3, -0.25) is 0 Å². The standard InChI is InChI=1S/C16H26N2O5/c1-11-13(14(19)21-5)9-12(22-11)10-17-7-6-8-18-15(20)23-16(2,3)4/h9,17H,6-8,10H2,1-5H3,(H,18,20). The maximum Gasteiger partial charge on any atom is 0.407 e. The smallest absolute Gasteiger partial charge is 0.407 e. The van der Waals surface area contributed by atoms with E-state index in [9.17, 15) is 9.59 Å². The predicted octanol–water partition coefficient (Wildman–Crippen LogP) is 2.38. The van der Waals surface area contributed by atoms with E-state index in [2.05, 4.69) is 15.4 Å². The normalized spacial score (nSPS) is 11.2. The number of esters is 1. The minimum atomic E-state index is -0.489. The molecule has 1 aromatic heterocycles. The van der Waals surface area contributed by atoms with Crippen LogP contribution in [-0.2, 0) is 16.0 Å². The number of furan rings is 1. The molecule has 0 spiro atoms. The van der Waals surface area contributed by atoms with Crippen LogP contribution in [0.5, 0.6) is 0 Å². The maximum atomic E-state index is 11.5. The number of carbonyl (C=O) groups is 2. The van der Waals surface area contributed by atoms with Crippen LogP contribution in [0, 0.1) is 6.92 Å². The molecule has 23 heavy (non-hydrogen) atoms. The van der Waals surface area contributed by atoms with Crippen LogP contribution < -0.4 is 10.6 Å². The zero-order valence-corrected chi connectivity index (χ0v) is 14.4. The fourth-order valence-corrected chi connectivity index (χ4v) is 1.87. The van der Waals surface area contributed by atoms with Crippen LogP contribution in [-0.4, -0.2) is 37.9 Å². The van der Waals surface area contributed by atoms with Gasteiger partial charge in [0, 0.05) is 6.54 Å². The van der Waals surface area contributed by atoms with Gasteiger partial charge in [0.2, 0.25) is 0 Å². The Hall–Kier alpha value is -2.02. The number of nitrogens with one attached hydrogen (secondary N) is 2. The summed E-state index contributed by atoms with van der Waals surface area (Å²) in [4.78, 5) is 22.9. The lowest BCUT2D eigenvalue weighted by atomic mass is 10.2. The van der Waals surface area contributed by atoms with Crippen LogP contribution in [0.25, 0.3) is 0 Å². The number of hydrogen-bond donors (Lipinski definition) is 2. The average Bonchev–Trinajstić information content (AvgIpc) is 2.81. The molecule has 1 amide bonds. The van der Waals surface area contributed by atoms with Gasteiger partial charge in [-0.15, -0.1) is 0 Å². The summed E-state index contributed by atoms with van der Waals surface area (Å²) < 4.78 is 15.3. The van der Waals surface area contributed by atoms with Crippen LogP contribution in [0.3, 0.4) is 0 Å². The molecule has 0 aliphatic carbocycles. The Bertz CT molecular complexity index is 531.